The van der Waals surface area contributed by atoms with Gasteiger partial charge in [0.2, 0.25) is 5.91 Å². The minimum absolute atomic E-state index is 0.0686. The van der Waals surface area contributed by atoms with Crippen LogP contribution < -0.4 is 16.2 Å². The monoisotopic (exact) mass is 498 g/mol. The van der Waals surface area contributed by atoms with Crippen molar-refractivity contribution in [2.75, 3.05) is 13.1 Å². The first-order chi connectivity index (χ1) is 17.1. The second-order valence-corrected chi connectivity index (χ2v) is 8.55. The number of pyridine rings is 1. The normalized spacial score (nSPS) is 15.3. The van der Waals surface area contributed by atoms with Crippen LogP contribution in [-0.4, -0.2) is 34.8 Å². The molecular weight excluding hydrogens is 473 g/mol. The fraction of sp³-hybridized carbons (Fsp3) is 0.269. The Hall–Kier alpha value is -3.92. The Morgan fingerprint density at radius 2 is 1.64 bits per heavy atom. The van der Waals surface area contributed by atoms with E-state index in [-0.39, 0.29) is 17.0 Å². The van der Waals surface area contributed by atoms with E-state index in [1.54, 1.807) is 41.3 Å². The highest BCUT2D eigenvalue weighted by Gasteiger charge is 2.35. The quantitative estimate of drug-likeness (QED) is 0.492. The van der Waals surface area contributed by atoms with Crippen molar-refractivity contribution < 1.29 is 27.5 Å². The smallest absolute Gasteiger partial charge is 0.416 e. The highest BCUT2D eigenvalue weighted by atomic mass is 19.4. The van der Waals surface area contributed by atoms with Gasteiger partial charge in [-0.2, -0.15) is 13.2 Å². The van der Waals surface area contributed by atoms with E-state index in [1.165, 1.54) is 12.1 Å². The molecule has 1 aliphatic heterocycles. The summed E-state index contributed by atoms with van der Waals surface area (Å²) in [6, 6.07) is 13.5. The number of nitrogens with two attached hydrogens (primary N) is 2. The van der Waals surface area contributed by atoms with Crippen LogP contribution >= 0.6 is 0 Å². The molecule has 1 aromatic heterocycles. The molecule has 36 heavy (non-hydrogen) atoms. The molecule has 188 valence electrons. The van der Waals surface area contributed by atoms with Gasteiger partial charge in [0.15, 0.2) is 0 Å². The molecule has 10 heteroatoms. The van der Waals surface area contributed by atoms with Crippen LogP contribution in [-0.2, 0) is 11.0 Å². The number of amides is 2. The van der Waals surface area contributed by atoms with Crippen molar-refractivity contribution in [2.24, 2.45) is 11.5 Å². The summed E-state index contributed by atoms with van der Waals surface area (Å²) in [5.74, 6) is -0.937. The fourth-order valence-electron chi connectivity index (χ4n) is 4.29. The second kappa shape index (κ2) is 10.4. The highest BCUT2D eigenvalue weighted by molar-refractivity contribution is 5.91. The van der Waals surface area contributed by atoms with Crippen LogP contribution in [0.5, 0.6) is 11.5 Å². The van der Waals surface area contributed by atoms with Gasteiger partial charge in [-0.05, 0) is 80.5 Å². The Labute approximate surface area is 205 Å². The average Bonchev–Trinajstić information content (AvgIpc) is 2.85. The van der Waals surface area contributed by atoms with Gasteiger partial charge in [-0.1, -0.05) is 12.5 Å². The van der Waals surface area contributed by atoms with Crippen LogP contribution in [0.15, 0.2) is 60.7 Å². The number of alkyl halides is 3. The lowest BCUT2D eigenvalue weighted by Gasteiger charge is -2.33. The molecule has 1 saturated heterocycles. The summed E-state index contributed by atoms with van der Waals surface area (Å²) in [6.45, 7) is 1.10. The number of primary amides is 2. The topological polar surface area (TPSA) is 112 Å². The summed E-state index contributed by atoms with van der Waals surface area (Å²) in [6.07, 6.45) is -1.96. The van der Waals surface area contributed by atoms with Gasteiger partial charge in [0, 0.05) is 11.1 Å². The first kappa shape index (κ1) is 25.2. The van der Waals surface area contributed by atoms with E-state index in [9.17, 15) is 22.8 Å². The molecule has 7 nitrogen and oxygen atoms in total. The number of likely N-dealkylation sites (tertiary alicyclic amines) is 1. The maximum Gasteiger partial charge on any atom is 0.416 e. The number of carbonyl (C=O) groups excluding carboxylic acids is 2. The molecule has 0 bridgehead atoms. The van der Waals surface area contributed by atoms with Crippen molar-refractivity contribution in [3.05, 3.63) is 77.5 Å². The van der Waals surface area contributed by atoms with Crippen LogP contribution in [0, 0.1) is 0 Å². The third-order valence-electron chi connectivity index (χ3n) is 6.04. The van der Waals surface area contributed by atoms with Crippen molar-refractivity contribution in [3.8, 4) is 22.8 Å². The molecule has 2 aromatic carbocycles. The molecule has 4 rings (SSSR count). The maximum absolute atomic E-state index is 13.5. The first-order valence-corrected chi connectivity index (χ1v) is 11.4. The standard InChI is InChI=1S/C26H25F3N4O3/c27-26(28,29)17-9-12-22(19(15-17)23(25(31)35)33-13-2-1-3-14-33)36-18-10-7-16(8-11-18)20-5-4-6-21(32-20)24(30)34/h4-12,15,23H,1-3,13-14H2,(H2,30,34)(H2,31,35). The molecule has 2 amide bonds. The summed E-state index contributed by atoms with van der Waals surface area (Å²) in [5.41, 5.74) is 11.5. The minimum Gasteiger partial charge on any atom is -0.457 e. The number of nitrogens with zero attached hydrogens (tertiary/aromatic N) is 2. The lowest BCUT2D eigenvalue weighted by atomic mass is 9.98. The number of piperidine rings is 1. The number of ether oxygens (including phenoxy) is 1. The number of rotatable bonds is 7. The van der Waals surface area contributed by atoms with E-state index in [0.717, 1.165) is 31.4 Å². The van der Waals surface area contributed by atoms with E-state index in [1.807, 2.05) is 0 Å². The van der Waals surface area contributed by atoms with Crippen molar-refractivity contribution in [1.29, 1.82) is 0 Å². The van der Waals surface area contributed by atoms with E-state index >= 15 is 0 Å². The van der Waals surface area contributed by atoms with E-state index in [2.05, 4.69) is 4.98 Å². The summed E-state index contributed by atoms with van der Waals surface area (Å²) in [5, 5.41) is 0. The first-order valence-electron chi connectivity index (χ1n) is 11.4. The zero-order valence-corrected chi connectivity index (χ0v) is 19.3. The number of benzene rings is 2. The number of aromatic nitrogens is 1. The Morgan fingerprint density at radius 1 is 0.944 bits per heavy atom. The lowest BCUT2D eigenvalue weighted by Crippen LogP contribution is -2.41. The Balaban J connectivity index is 1.67. The van der Waals surface area contributed by atoms with E-state index in [0.29, 0.717) is 30.1 Å². The predicted octanol–water partition coefficient (Wildman–Crippen LogP) is 4.67. The van der Waals surface area contributed by atoms with Crippen molar-refractivity contribution in [1.82, 2.24) is 9.88 Å². The summed E-state index contributed by atoms with van der Waals surface area (Å²) in [4.78, 5) is 29.9. The summed E-state index contributed by atoms with van der Waals surface area (Å²) in [7, 11) is 0. The zero-order chi connectivity index (χ0) is 25.9. The summed E-state index contributed by atoms with van der Waals surface area (Å²) >= 11 is 0. The van der Waals surface area contributed by atoms with Gasteiger partial charge in [0.1, 0.15) is 23.2 Å². The average molecular weight is 499 g/mol. The number of carbonyl (C=O) groups is 2. The highest BCUT2D eigenvalue weighted by Crippen LogP contribution is 2.39. The molecule has 0 radical (unpaired) electrons. The molecule has 1 atom stereocenters. The molecule has 1 aliphatic rings. The van der Waals surface area contributed by atoms with E-state index in [4.69, 9.17) is 16.2 Å². The molecule has 0 spiro atoms. The van der Waals surface area contributed by atoms with Gasteiger partial charge in [-0.3, -0.25) is 14.5 Å². The Morgan fingerprint density at radius 3 is 2.25 bits per heavy atom. The number of hydrogen-bond acceptors (Lipinski definition) is 5. The zero-order valence-electron chi connectivity index (χ0n) is 19.3. The van der Waals surface area contributed by atoms with Gasteiger partial charge >= 0.3 is 6.18 Å². The third kappa shape index (κ3) is 5.65. The van der Waals surface area contributed by atoms with Crippen molar-refractivity contribution in [3.63, 3.8) is 0 Å². The molecule has 4 N–H and O–H groups in total. The van der Waals surface area contributed by atoms with E-state index < -0.39 is 29.6 Å². The number of hydrogen-bond donors (Lipinski definition) is 2. The molecule has 3 aromatic rings. The summed E-state index contributed by atoms with van der Waals surface area (Å²) < 4.78 is 46.5. The van der Waals surface area contributed by atoms with Crippen LogP contribution in [0.3, 0.4) is 0 Å². The van der Waals surface area contributed by atoms with Crippen molar-refractivity contribution in [2.45, 2.75) is 31.5 Å². The van der Waals surface area contributed by atoms with Gasteiger partial charge in [0.05, 0.1) is 11.3 Å². The van der Waals surface area contributed by atoms with Crippen LogP contribution in [0.1, 0.15) is 46.9 Å². The minimum atomic E-state index is -4.59. The van der Waals surface area contributed by atoms with Crippen LogP contribution in [0.2, 0.25) is 0 Å². The SMILES string of the molecule is NC(=O)c1cccc(-c2ccc(Oc3ccc(C(F)(F)F)cc3C(C(N)=O)N3CCCCC3)cc2)n1. The molecule has 2 heterocycles. The predicted molar refractivity (Wildman–Crippen MR) is 127 cm³/mol. The molecule has 1 fully saturated rings. The fourth-order valence-corrected chi connectivity index (χ4v) is 4.29. The molecule has 1 unspecified atom stereocenters. The van der Waals surface area contributed by atoms with Crippen LogP contribution in [0.25, 0.3) is 11.3 Å². The third-order valence-corrected chi connectivity index (χ3v) is 6.04. The van der Waals surface area contributed by atoms with Gasteiger partial charge in [0.25, 0.3) is 5.91 Å². The van der Waals surface area contributed by atoms with Crippen molar-refractivity contribution >= 4 is 11.8 Å². The second-order valence-electron chi connectivity index (χ2n) is 8.55. The Kier molecular flexibility index (Phi) is 7.25. The largest absolute Gasteiger partial charge is 0.457 e. The maximum atomic E-state index is 13.5. The molecular formula is C26H25F3N4O3. The molecule has 0 aliphatic carbocycles. The van der Waals surface area contributed by atoms with Gasteiger partial charge in [-0.25, -0.2) is 4.98 Å². The lowest BCUT2D eigenvalue weighted by molar-refractivity contribution is -0.138. The van der Waals surface area contributed by atoms with Crippen LogP contribution in [0.4, 0.5) is 13.2 Å². The number of halogens is 3. The van der Waals surface area contributed by atoms with Gasteiger partial charge in [-0.15, -0.1) is 0 Å². The van der Waals surface area contributed by atoms with Gasteiger partial charge < -0.3 is 16.2 Å². The Bertz CT molecular complexity index is 1260. The molecule has 0 saturated carbocycles.